The molecule has 1 aliphatic rings. The molecule has 3 heterocycles. The second-order valence-electron chi connectivity index (χ2n) is 6.71. The van der Waals surface area contributed by atoms with E-state index in [1.807, 2.05) is 29.0 Å². The number of benzene rings is 1. The Morgan fingerprint density at radius 3 is 2.59 bits per heavy atom. The van der Waals surface area contributed by atoms with Crippen LogP contribution in [0, 0.1) is 0 Å². The minimum Gasteiger partial charge on any atom is -0.467 e. The zero-order valence-corrected chi connectivity index (χ0v) is 15.3. The lowest BCUT2D eigenvalue weighted by atomic mass is 10.0. The molecule has 7 nitrogen and oxygen atoms in total. The zero-order valence-electron chi connectivity index (χ0n) is 15.3. The van der Waals surface area contributed by atoms with Crippen LogP contribution in [0.25, 0.3) is 0 Å². The van der Waals surface area contributed by atoms with Crippen molar-refractivity contribution in [3.8, 4) is 0 Å². The summed E-state index contributed by atoms with van der Waals surface area (Å²) in [6, 6.07) is 14.3. The van der Waals surface area contributed by atoms with Gasteiger partial charge in [0, 0.05) is 32.7 Å². The van der Waals surface area contributed by atoms with Gasteiger partial charge in [-0.25, -0.2) is 4.68 Å². The van der Waals surface area contributed by atoms with E-state index < -0.39 is 0 Å². The molecular weight excluding hydrogens is 340 g/mol. The smallest absolute Gasteiger partial charge is 0.173 e. The number of hydrogen-bond donors (Lipinski definition) is 0. The van der Waals surface area contributed by atoms with Crippen LogP contribution in [0.2, 0.25) is 0 Å². The predicted molar refractivity (Wildman–Crippen MR) is 102 cm³/mol. The minimum atomic E-state index is 0.0158. The van der Waals surface area contributed by atoms with Gasteiger partial charge in [-0.1, -0.05) is 36.4 Å². The summed E-state index contributed by atoms with van der Waals surface area (Å²) in [6.07, 6.45) is 3.64. The maximum atomic E-state index is 5.49. The van der Waals surface area contributed by atoms with Gasteiger partial charge in [0.05, 0.1) is 12.3 Å². The second-order valence-corrected chi connectivity index (χ2v) is 6.71. The molecule has 7 heteroatoms. The van der Waals surface area contributed by atoms with E-state index in [0.29, 0.717) is 6.54 Å². The zero-order chi connectivity index (χ0) is 18.5. The van der Waals surface area contributed by atoms with Crippen LogP contribution in [0.1, 0.15) is 23.2 Å². The Balaban J connectivity index is 1.62. The molecule has 1 atom stereocenters. The van der Waals surface area contributed by atoms with Gasteiger partial charge in [0.1, 0.15) is 12.3 Å². The first kappa shape index (κ1) is 17.6. The van der Waals surface area contributed by atoms with Crippen LogP contribution in [0.15, 0.2) is 65.8 Å². The molecule has 1 aromatic carbocycles. The molecule has 0 aliphatic carbocycles. The minimum absolute atomic E-state index is 0.0158. The SMILES string of the molecule is C=CCN1CCN(C(c2ccccc2)c2nnnn2Cc2ccco2)CC1. The number of tetrazole rings is 1. The van der Waals surface area contributed by atoms with Crippen LogP contribution in [-0.2, 0) is 6.54 Å². The molecule has 0 N–H and O–H groups in total. The van der Waals surface area contributed by atoms with Crippen LogP contribution in [-0.4, -0.2) is 62.7 Å². The molecule has 0 bridgehead atoms. The monoisotopic (exact) mass is 364 g/mol. The van der Waals surface area contributed by atoms with Gasteiger partial charge in [-0.05, 0) is 28.1 Å². The van der Waals surface area contributed by atoms with E-state index >= 15 is 0 Å². The number of hydrogen-bond acceptors (Lipinski definition) is 6. The van der Waals surface area contributed by atoms with Gasteiger partial charge in [-0.3, -0.25) is 9.80 Å². The average molecular weight is 364 g/mol. The van der Waals surface area contributed by atoms with Crippen molar-refractivity contribution in [1.82, 2.24) is 30.0 Å². The second kappa shape index (κ2) is 8.28. The van der Waals surface area contributed by atoms with Crippen molar-refractivity contribution >= 4 is 0 Å². The molecule has 2 aromatic heterocycles. The van der Waals surface area contributed by atoms with Gasteiger partial charge in [-0.15, -0.1) is 11.7 Å². The maximum absolute atomic E-state index is 5.49. The molecule has 0 saturated carbocycles. The summed E-state index contributed by atoms with van der Waals surface area (Å²) in [5.74, 6) is 1.68. The first-order valence-electron chi connectivity index (χ1n) is 9.26. The molecule has 1 unspecified atom stereocenters. The standard InChI is InChI=1S/C20H24N6O/c1-2-10-24-11-13-25(14-12-24)19(17-7-4-3-5-8-17)20-21-22-23-26(20)16-18-9-6-15-27-18/h2-9,15,19H,1,10-14,16H2. The average Bonchev–Trinajstić information content (AvgIpc) is 3.38. The molecule has 1 aliphatic heterocycles. The van der Waals surface area contributed by atoms with Crippen molar-refractivity contribution in [1.29, 1.82) is 0 Å². The normalized spacial score (nSPS) is 17.0. The molecule has 0 spiro atoms. The lowest BCUT2D eigenvalue weighted by Crippen LogP contribution is -2.48. The van der Waals surface area contributed by atoms with E-state index in [4.69, 9.17) is 4.42 Å². The summed E-state index contributed by atoms with van der Waals surface area (Å²) in [7, 11) is 0. The van der Waals surface area contributed by atoms with Gasteiger partial charge in [0.2, 0.25) is 0 Å². The van der Waals surface area contributed by atoms with Crippen molar-refractivity contribution in [2.75, 3.05) is 32.7 Å². The topological polar surface area (TPSA) is 63.2 Å². The maximum Gasteiger partial charge on any atom is 0.173 e. The van der Waals surface area contributed by atoms with E-state index in [9.17, 15) is 0 Å². The summed E-state index contributed by atoms with van der Waals surface area (Å²) in [4.78, 5) is 4.87. The van der Waals surface area contributed by atoms with Gasteiger partial charge >= 0.3 is 0 Å². The highest BCUT2D eigenvalue weighted by Crippen LogP contribution is 2.28. The van der Waals surface area contributed by atoms with Gasteiger partial charge in [0.25, 0.3) is 0 Å². The molecule has 140 valence electrons. The Kier molecular flexibility index (Phi) is 5.41. The van der Waals surface area contributed by atoms with Gasteiger partial charge in [0.15, 0.2) is 5.82 Å². The fraction of sp³-hybridized carbons (Fsp3) is 0.350. The summed E-state index contributed by atoms with van der Waals surface area (Å²) in [6.45, 7) is 9.24. The fourth-order valence-corrected chi connectivity index (χ4v) is 3.62. The molecule has 27 heavy (non-hydrogen) atoms. The van der Waals surface area contributed by atoms with Crippen LogP contribution >= 0.6 is 0 Å². The Hall–Kier alpha value is -2.77. The molecule has 0 radical (unpaired) electrons. The molecule has 0 amide bonds. The van der Waals surface area contributed by atoms with E-state index in [2.05, 4.69) is 56.2 Å². The van der Waals surface area contributed by atoms with Crippen molar-refractivity contribution in [3.05, 3.63) is 78.5 Å². The highest BCUT2D eigenvalue weighted by molar-refractivity contribution is 5.25. The predicted octanol–water partition coefficient (Wildman–Crippen LogP) is 2.21. The van der Waals surface area contributed by atoms with Crippen LogP contribution in [0.4, 0.5) is 0 Å². The third kappa shape index (κ3) is 3.99. The molecular formula is C20H24N6O. The van der Waals surface area contributed by atoms with Crippen molar-refractivity contribution < 1.29 is 4.42 Å². The van der Waals surface area contributed by atoms with Crippen LogP contribution < -0.4 is 0 Å². The number of nitrogens with zero attached hydrogens (tertiary/aromatic N) is 6. The highest BCUT2D eigenvalue weighted by Gasteiger charge is 2.30. The molecule has 1 saturated heterocycles. The summed E-state index contributed by atoms with van der Waals surface area (Å²) in [5.41, 5.74) is 1.20. The van der Waals surface area contributed by atoms with Crippen LogP contribution in [0.3, 0.4) is 0 Å². The Labute approximate surface area is 158 Å². The summed E-state index contributed by atoms with van der Waals surface area (Å²) >= 11 is 0. The Morgan fingerprint density at radius 1 is 1.07 bits per heavy atom. The highest BCUT2D eigenvalue weighted by atomic mass is 16.3. The third-order valence-corrected chi connectivity index (χ3v) is 4.96. The van der Waals surface area contributed by atoms with E-state index in [1.54, 1.807) is 6.26 Å². The van der Waals surface area contributed by atoms with Crippen molar-refractivity contribution in [3.63, 3.8) is 0 Å². The van der Waals surface area contributed by atoms with Crippen LogP contribution in [0.5, 0.6) is 0 Å². The van der Waals surface area contributed by atoms with E-state index in [1.165, 1.54) is 5.56 Å². The first-order chi connectivity index (χ1) is 13.3. The summed E-state index contributed by atoms with van der Waals surface area (Å²) < 4.78 is 7.33. The quantitative estimate of drug-likeness (QED) is 0.599. The summed E-state index contributed by atoms with van der Waals surface area (Å²) in [5, 5.41) is 12.6. The van der Waals surface area contributed by atoms with Gasteiger partial charge < -0.3 is 4.42 Å². The lowest BCUT2D eigenvalue weighted by molar-refractivity contribution is 0.112. The third-order valence-electron chi connectivity index (χ3n) is 4.96. The number of aromatic nitrogens is 4. The fourth-order valence-electron chi connectivity index (χ4n) is 3.62. The Bertz CT molecular complexity index is 837. The number of furan rings is 1. The van der Waals surface area contributed by atoms with E-state index in [-0.39, 0.29) is 6.04 Å². The molecule has 3 aromatic rings. The van der Waals surface area contributed by atoms with Gasteiger partial charge in [-0.2, -0.15) is 0 Å². The number of piperazine rings is 1. The first-order valence-corrected chi connectivity index (χ1v) is 9.26. The van der Waals surface area contributed by atoms with E-state index in [0.717, 1.165) is 44.3 Å². The number of rotatable bonds is 7. The molecule has 4 rings (SSSR count). The van der Waals surface area contributed by atoms with Crippen molar-refractivity contribution in [2.24, 2.45) is 0 Å². The lowest BCUT2D eigenvalue weighted by Gasteiger charge is -2.38. The largest absolute Gasteiger partial charge is 0.467 e. The Morgan fingerprint density at radius 2 is 1.89 bits per heavy atom. The molecule has 1 fully saturated rings. The van der Waals surface area contributed by atoms with Crippen molar-refractivity contribution in [2.45, 2.75) is 12.6 Å².